The molecular weight excluding hydrogens is 216 g/mol. The van der Waals surface area contributed by atoms with E-state index in [1.165, 1.54) is 0 Å². The first-order chi connectivity index (χ1) is 8.31. The maximum absolute atomic E-state index is 5.60. The molecule has 0 bridgehead atoms. The molecule has 5 heteroatoms. The standard InChI is InChI=1S/C12H22N4O/c1-3-6-16(7-5-13)11-9-12(15-10-14-11)17-8-4-2/h9-10H,3-8,13H2,1-2H3. The van der Waals surface area contributed by atoms with Crippen LogP contribution in [0, 0.1) is 0 Å². The number of anilines is 1. The molecule has 1 aromatic rings. The number of nitrogens with two attached hydrogens (primary N) is 1. The summed E-state index contributed by atoms with van der Waals surface area (Å²) in [7, 11) is 0. The number of hydrogen-bond donors (Lipinski definition) is 1. The van der Waals surface area contributed by atoms with Gasteiger partial charge in [-0.25, -0.2) is 9.97 Å². The van der Waals surface area contributed by atoms with Crippen molar-refractivity contribution in [3.8, 4) is 5.88 Å². The molecular formula is C12H22N4O. The molecule has 1 rings (SSSR count). The van der Waals surface area contributed by atoms with Crippen LogP contribution in [0.15, 0.2) is 12.4 Å². The van der Waals surface area contributed by atoms with E-state index in [0.717, 1.165) is 31.7 Å². The molecule has 0 saturated heterocycles. The summed E-state index contributed by atoms with van der Waals surface area (Å²) in [4.78, 5) is 10.5. The van der Waals surface area contributed by atoms with Crippen LogP contribution in [0.25, 0.3) is 0 Å². The minimum atomic E-state index is 0.620. The van der Waals surface area contributed by atoms with E-state index in [2.05, 4.69) is 28.7 Å². The summed E-state index contributed by atoms with van der Waals surface area (Å²) in [5, 5.41) is 0. The van der Waals surface area contributed by atoms with Crippen LogP contribution in [-0.4, -0.2) is 36.2 Å². The Kier molecular flexibility index (Phi) is 6.32. The van der Waals surface area contributed by atoms with Crippen molar-refractivity contribution in [3.63, 3.8) is 0 Å². The minimum Gasteiger partial charge on any atom is -0.478 e. The fraction of sp³-hybridized carbons (Fsp3) is 0.667. The van der Waals surface area contributed by atoms with E-state index < -0.39 is 0 Å². The molecule has 0 amide bonds. The van der Waals surface area contributed by atoms with Crippen LogP contribution < -0.4 is 15.4 Å². The van der Waals surface area contributed by atoms with Crippen molar-refractivity contribution in [2.75, 3.05) is 31.1 Å². The van der Waals surface area contributed by atoms with E-state index in [1.807, 2.05) is 6.07 Å². The summed E-state index contributed by atoms with van der Waals surface area (Å²) in [5.74, 6) is 1.52. The number of rotatable bonds is 8. The Morgan fingerprint density at radius 3 is 2.71 bits per heavy atom. The van der Waals surface area contributed by atoms with Gasteiger partial charge in [0.2, 0.25) is 5.88 Å². The normalized spacial score (nSPS) is 10.3. The highest BCUT2D eigenvalue weighted by Crippen LogP contribution is 2.15. The molecule has 0 aliphatic heterocycles. The van der Waals surface area contributed by atoms with Crippen LogP contribution in [0.1, 0.15) is 26.7 Å². The fourth-order valence-corrected chi connectivity index (χ4v) is 1.56. The Balaban J connectivity index is 2.72. The Hall–Kier alpha value is -1.36. The predicted octanol–water partition coefficient (Wildman–Crippen LogP) is 1.44. The second-order valence-corrected chi connectivity index (χ2v) is 3.84. The predicted molar refractivity (Wildman–Crippen MR) is 69.4 cm³/mol. The van der Waals surface area contributed by atoms with E-state index in [-0.39, 0.29) is 0 Å². The van der Waals surface area contributed by atoms with Crippen LogP contribution in [0.4, 0.5) is 5.82 Å². The molecule has 17 heavy (non-hydrogen) atoms. The Labute approximate surface area is 103 Å². The summed E-state index contributed by atoms with van der Waals surface area (Å²) in [5.41, 5.74) is 5.60. The minimum absolute atomic E-state index is 0.620. The molecule has 1 heterocycles. The van der Waals surface area contributed by atoms with Crippen molar-refractivity contribution < 1.29 is 4.74 Å². The zero-order valence-electron chi connectivity index (χ0n) is 10.7. The van der Waals surface area contributed by atoms with E-state index in [9.17, 15) is 0 Å². The van der Waals surface area contributed by atoms with E-state index in [1.54, 1.807) is 6.33 Å². The second kappa shape index (κ2) is 7.84. The highest BCUT2D eigenvalue weighted by atomic mass is 16.5. The Morgan fingerprint density at radius 2 is 2.06 bits per heavy atom. The van der Waals surface area contributed by atoms with Gasteiger partial charge in [0.1, 0.15) is 12.1 Å². The molecule has 0 aliphatic carbocycles. The second-order valence-electron chi connectivity index (χ2n) is 3.84. The van der Waals surface area contributed by atoms with Gasteiger partial charge in [-0.3, -0.25) is 0 Å². The summed E-state index contributed by atoms with van der Waals surface area (Å²) < 4.78 is 5.49. The summed E-state index contributed by atoms with van der Waals surface area (Å²) in [6.45, 7) is 7.26. The van der Waals surface area contributed by atoms with Crippen molar-refractivity contribution in [3.05, 3.63) is 12.4 Å². The van der Waals surface area contributed by atoms with Crippen LogP contribution in [-0.2, 0) is 0 Å². The average Bonchev–Trinajstić information content (AvgIpc) is 2.36. The van der Waals surface area contributed by atoms with Gasteiger partial charge in [0.05, 0.1) is 6.61 Å². The van der Waals surface area contributed by atoms with Crippen molar-refractivity contribution in [1.82, 2.24) is 9.97 Å². The molecule has 0 fully saturated rings. The first kappa shape index (κ1) is 13.7. The number of nitrogens with zero attached hydrogens (tertiary/aromatic N) is 3. The Bertz CT molecular complexity index is 313. The maximum atomic E-state index is 5.60. The van der Waals surface area contributed by atoms with E-state index >= 15 is 0 Å². The molecule has 5 nitrogen and oxygen atoms in total. The molecule has 0 unspecified atom stereocenters. The molecule has 96 valence electrons. The topological polar surface area (TPSA) is 64.3 Å². The van der Waals surface area contributed by atoms with Gasteiger partial charge in [-0.05, 0) is 12.8 Å². The number of hydrogen-bond acceptors (Lipinski definition) is 5. The summed E-state index contributed by atoms with van der Waals surface area (Å²) in [6.07, 6.45) is 3.58. The van der Waals surface area contributed by atoms with Gasteiger partial charge in [0.25, 0.3) is 0 Å². The lowest BCUT2D eigenvalue weighted by molar-refractivity contribution is 0.304. The third-order valence-corrected chi connectivity index (χ3v) is 2.30. The van der Waals surface area contributed by atoms with Crippen LogP contribution in [0.2, 0.25) is 0 Å². The molecule has 0 saturated carbocycles. The van der Waals surface area contributed by atoms with Gasteiger partial charge >= 0.3 is 0 Å². The third kappa shape index (κ3) is 4.56. The first-order valence-corrected chi connectivity index (χ1v) is 6.21. The highest BCUT2D eigenvalue weighted by molar-refractivity contribution is 5.40. The zero-order chi connectivity index (χ0) is 12.5. The summed E-state index contributed by atoms with van der Waals surface area (Å²) >= 11 is 0. The lowest BCUT2D eigenvalue weighted by atomic mass is 10.4. The van der Waals surface area contributed by atoms with Gasteiger partial charge < -0.3 is 15.4 Å². The molecule has 0 aliphatic rings. The molecule has 0 atom stereocenters. The fourth-order valence-electron chi connectivity index (χ4n) is 1.56. The SMILES string of the molecule is CCCOc1cc(N(CCC)CCN)ncn1. The lowest BCUT2D eigenvalue weighted by Gasteiger charge is -2.22. The van der Waals surface area contributed by atoms with Gasteiger partial charge in [0, 0.05) is 25.7 Å². The monoisotopic (exact) mass is 238 g/mol. The van der Waals surface area contributed by atoms with Crippen molar-refractivity contribution in [2.24, 2.45) is 5.73 Å². The third-order valence-electron chi connectivity index (χ3n) is 2.30. The quantitative estimate of drug-likeness (QED) is 0.742. The van der Waals surface area contributed by atoms with Crippen LogP contribution in [0.3, 0.4) is 0 Å². The largest absolute Gasteiger partial charge is 0.478 e. The van der Waals surface area contributed by atoms with Gasteiger partial charge in [-0.1, -0.05) is 13.8 Å². The molecule has 0 spiro atoms. The van der Waals surface area contributed by atoms with Gasteiger partial charge in [-0.15, -0.1) is 0 Å². The maximum Gasteiger partial charge on any atom is 0.218 e. The van der Waals surface area contributed by atoms with Gasteiger partial charge in [-0.2, -0.15) is 0 Å². The Morgan fingerprint density at radius 1 is 1.24 bits per heavy atom. The van der Waals surface area contributed by atoms with Crippen molar-refractivity contribution in [1.29, 1.82) is 0 Å². The number of ether oxygens (including phenoxy) is 1. The summed E-state index contributed by atoms with van der Waals surface area (Å²) in [6, 6.07) is 1.88. The molecule has 1 aromatic heterocycles. The highest BCUT2D eigenvalue weighted by Gasteiger charge is 2.07. The molecule has 2 N–H and O–H groups in total. The van der Waals surface area contributed by atoms with E-state index in [0.29, 0.717) is 19.0 Å². The van der Waals surface area contributed by atoms with Crippen molar-refractivity contribution in [2.45, 2.75) is 26.7 Å². The van der Waals surface area contributed by atoms with Crippen molar-refractivity contribution >= 4 is 5.82 Å². The van der Waals surface area contributed by atoms with E-state index in [4.69, 9.17) is 10.5 Å². The number of aromatic nitrogens is 2. The first-order valence-electron chi connectivity index (χ1n) is 6.21. The lowest BCUT2D eigenvalue weighted by Crippen LogP contribution is -2.30. The average molecular weight is 238 g/mol. The molecule has 0 radical (unpaired) electrons. The van der Waals surface area contributed by atoms with Crippen LogP contribution in [0.5, 0.6) is 5.88 Å². The van der Waals surface area contributed by atoms with Crippen LogP contribution >= 0.6 is 0 Å². The molecule has 0 aromatic carbocycles. The van der Waals surface area contributed by atoms with Gasteiger partial charge in [0.15, 0.2) is 0 Å². The zero-order valence-corrected chi connectivity index (χ0v) is 10.7. The smallest absolute Gasteiger partial charge is 0.218 e.